The number of aryl methyl sites for hydroxylation is 2. The maximum absolute atomic E-state index is 12.8. The maximum atomic E-state index is 12.8. The van der Waals surface area contributed by atoms with Gasteiger partial charge in [-0.3, -0.25) is 14.8 Å². The van der Waals surface area contributed by atoms with Crippen LogP contribution in [0.3, 0.4) is 0 Å². The Morgan fingerprint density at radius 1 is 1.17 bits per heavy atom. The van der Waals surface area contributed by atoms with E-state index >= 15 is 0 Å². The lowest BCUT2D eigenvalue weighted by molar-refractivity contribution is -0.131. The van der Waals surface area contributed by atoms with Crippen LogP contribution in [-0.2, 0) is 24.1 Å². The van der Waals surface area contributed by atoms with Gasteiger partial charge in [0.15, 0.2) is 0 Å². The van der Waals surface area contributed by atoms with Crippen molar-refractivity contribution in [3.05, 3.63) is 59.2 Å². The quantitative estimate of drug-likeness (QED) is 0.876. The molecule has 1 unspecified atom stereocenters. The van der Waals surface area contributed by atoms with Gasteiger partial charge in [-0.2, -0.15) is 0 Å². The number of carbonyl (C=O) groups is 1. The number of hydrogen-bond acceptors (Lipinski definition) is 3. The van der Waals surface area contributed by atoms with Gasteiger partial charge in [0.1, 0.15) is 0 Å². The van der Waals surface area contributed by atoms with E-state index in [0.717, 1.165) is 37.1 Å². The molecule has 1 saturated heterocycles. The number of carbonyl (C=O) groups excluding carboxylic acids is 1. The Labute approximate surface area is 136 Å². The minimum atomic E-state index is 0.0885. The first-order valence-corrected chi connectivity index (χ1v) is 8.47. The van der Waals surface area contributed by atoms with Gasteiger partial charge in [-0.05, 0) is 48.8 Å². The van der Waals surface area contributed by atoms with Gasteiger partial charge in [0.25, 0.3) is 0 Å². The van der Waals surface area contributed by atoms with Gasteiger partial charge in [0.05, 0.1) is 24.4 Å². The van der Waals surface area contributed by atoms with E-state index in [-0.39, 0.29) is 11.9 Å². The zero-order valence-electron chi connectivity index (χ0n) is 13.2. The summed E-state index contributed by atoms with van der Waals surface area (Å²) < 4.78 is 0. The number of benzene rings is 1. The second-order valence-electron chi connectivity index (χ2n) is 6.51. The fourth-order valence-electron chi connectivity index (χ4n) is 3.87. The van der Waals surface area contributed by atoms with Gasteiger partial charge in [-0.15, -0.1) is 0 Å². The molecule has 4 nitrogen and oxygen atoms in total. The van der Waals surface area contributed by atoms with E-state index in [1.54, 1.807) is 18.6 Å². The summed E-state index contributed by atoms with van der Waals surface area (Å²) in [6, 6.07) is 6.64. The number of hydrogen-bond donors (Lipinski definition) is 0. The van der Waals surface area contributed by atoms with E-state index in [0.29, 0.717) is 6.42 Å². The Morgan fingerprint density at radius 2 is 2.09 bits per heavy atom. The molecule has 1 amide bonds. The van der Waals surface area contributed by atoms with Crippen molar-refractivity contribution in [2.24, 2.45) is 0 Å². The topological polar surface area (TPSA) is 46.1 Å². The standard InChI is InChI=1S/C19H21N3O/c23-19(12-14-6-7-15-3-1-4-16(15)11-14)22-10-2-5-18(22)17-13-20-8-9-21-17/h6-9,11,13,18H,1-5,10,12H2. The van der Waals surface area contributed by atoms with Crippen LogP contribution in [0.4, 0.5) is 0 Å². The van der Waals surface area contributed by atoms with E-state index in [1.165, 1.54) is 24.0 Å². The van der Waals surface area contributed by atoms with Crippen LogP contribution in [0.25, 0.3) is 0 Å². The van der Waals surface area contributed by atoms with Crippen molar-refractivity contribution in [3.8, 4) is 0 Å². The number of likely N-dealkylation sites (tertiary alicyclic amines) is 1. The molecule has 0 N–H and O–H groups in total. The molecule has 0 radical (unpaired) electrons. The largest absolute Gasteiger partial charge is 0.334 e. The van der Waals surface area contributed by atoms with E-state index in [1.807, 2.05) is 4.90 Å². The minimum Gasteiger partial charge on any atom is -0.334 e. The second-order valence-corrected chi connectivity index (χ2v) is 6.51. The van der Waals surface area contributed by atoms with Crippen LogP contribution in [-0.4, -0.2) is 27.3 Å². The van der Waals surface area contributed by atoms with Crippen molar-refractivity contribution < 1.29 is 4.79 Å². The third-order valence-electron chi connectivity index (χ3n) is 5.02. The smallest absolute Gasteiger partial charge is 0.227 e. The molecule has 23 heavy (non-hydrogen) atoms. The van der Waals surface area contributed by atoms with Crippen molar-refractivity contribution in [2.75, 3.05) is 6.54 Å². The molecule has 2 aliphatic rings. The molecule has 4 heteroatoms. The Hall–Kier alpha value is -2.23. The number of aromatic nitrogens is 2. The number of rotatable bonds is 3. The van der Waals surface area contributed by atoms with Crippen LogP contribution in [0.5, 0.6) is 0 Å². The minimum absolute atomic E-state index is 0.0885. The molecular weight excluding hydrogens is 286 g/mol. The molecule has 1 aliphatic carbocycles. The van der Waals surface area contributed by atoms with Crippen LogP contribution in [0.15, 0.2) is 36.8 Å². The highest BCUT2D eigenvalue weighted by Crippen LogP contribution is 2.31. The number of fused-ring (bicyclic) bond motifs is 1. The fourth-order valence-corrected chi connectivity index (χ4v) is 3.87. The van der Waals surface area contributed by atoms with Gasteiger partial charge in [-0.25, -0.2) is 0 Å². The van der Waals surface area contributed by atoms with Crippen LogP contribution < -0.4 is 0 Å². The van der Waals surface area contributed by atoms with Crippen LogP contribution in [0.1, 0.15) is 47.7 Å². The molecule has 1 aromatic heterocycles. The fraction of sp³-hybridized carbons (Fsp3) is 0.421. The number of amides is 1. The molecule has 0 bridgehead atoms. The molecule has 1 fully saturated rings. The Morgan fingerprint density at radius 3 is 2.96 bits per heavy atom. The van der Waals surface area contributed by atoms with Gasteiger partial charge in [-0.1, -0.05) is 18.2 Å². The lowest BCUT2D eigenvalue weighted by atomic mass is 10.0. The summed E-state index contributed by atoms with van der Waals surface area (Å²) in [7, 11) is 0. The number of nitrogens with zero attached hydrogens (tertiary/aromatic N) is 3. The summed E-state index contributed by atoms with van der Waals surface area (Å²) in [5, 5.41) is 0. The summed E-state index contributed by atoms with van der Waals surface area (Å²) >= 11 is 0. The highest BCUT2D eigenvalue weighted by Gasteiger charge is 2.30. The molecule has 118 valence electrons. The van der Waals surface area contributed by atoms with Crippen molar-refractivity contribution in [3.63, 3.8) is 0 Å². The van der Waals surface area contributed by atoms with Crippen LogP contribution in [0, 0.1) is 0 Å². The Bertz CT molecular complexity index is 714. The first-order valence-electron chi connectivity index (χ1n) is 8.47. The first kappa shape index (κ1) is 14.4. The lowest BCUT2D eigenvalue weighted by Crippen LogP contribution is -2.32. The van der Waals surface area contributed by atoms with Gasteiger partial charge >= 0.3 is 0 Å². The Kier molecular flexibility index (Phi) is 3.82. The third-order valence-corrected chi connectivity index (χ3v) is 5.02. The van der Waals surface area contributed by atoms with Crippen LogP contribution >= 0.6 is 0 Å². The van der Waals surface area contributed by atoms with Gasteiger partial charge in [0.2, 0.25) is 5.91 Å². The maximum Gasteiger partial charge on any atom is 0.227 e. The van der Waals surface area contributed by atoms with E-state index in [9.17, 15) is 4.79 Å². The molecule has 0 saturated carbocycles. The van der Waals surface area contributed by atoms with E-state index < -0.39 is 0 Å². The summed E-state index contributed by atoms with van der Waals surface area (Å²) in [5.41, 5.74) is 4.94. The lowest BCUT2D eigenvalue weighted by Gasteiger charge is -2.24. The average molecular weight is 307 g/mol. The van der Waals surface area contributed by atoms with Gasteiger partial charge in [0, 0.05) is 18.9 Å². The predicted molar refractivity (Wildman–Crippen MR) is 87.9 cm³/mol. The molecule has 1 aliphatic heterocycles. The summed E-state index contributed by atoms with van der Waals surface area (Å²) in [5.74, 6) is 0.205. The highest BCUT2D eigenvalue weighted by molar-refractivity contribution is 5.79. The zero-order valence-corrected chi connectivity index (χ0v) is 13.2. The summed E-state index contributed by atoms with van der Waals surface area (Å²) in [4.78, 5) is 23.3. The van der Waals surface area contributed by atoms with Gasteiger partial charge < -0.3 is 4.90 Å². The molecule has 2 heterocycles. The monoisotopic (exact) mass is 307 g/mol. The molecule has 1 atom stereocenters. The van der Waals surface area contributed by atoms with Crippen LogP contribution in [0.2, 0.25) is 0 Å². The molecule has 0 spiro atoms. The summed E-state index contributed by atoms with van der Waals surface area (Å²) in [6.45, 7) is 0.824. The normalized spacial score (nSPS) is 19.8. The van der Waals surface area contributed by atoms with Crippen molar-refractivity contribution in [2.45, 2.75) is 44.6 Å². The SMILES string of the molecule is O=C(Cc1ccc2c(c1)CCC2)N1CCCC1c1cnccn1. The van der Waals surface area contributed by atoms with Crippen molar-refractivity contribution >= 4 is 5.91 Å². The molecule has 4 rings (SSSR count). The molecular formula is C19H21N3O. The average Bonchev–Trinajstić information content (AvgIpc) is 3.24. The van der Waals surface area contributed by atoms with Crippen molar-refractivity contribution in [1.29, 1.82) is 0 Å². The molecule has 1 aromatic carbocycles. The first-order chi connectivity index (χ1) is 11.3. The summed E-state index contributed by atoms with van der Waals surface area (Å²) in [6.07, 6.45) is 11.3. The highest BCUT2D eigenvalue weighted by atomic mass is 16.2. The van der Waals surface area contributed by atoms with E-state index in [2.05, 4.69) is 28.2 Å². The molecule has 2 aromatic rings. The predicted octanol–water partition coefficient (Wildman–Crippen LogP) is 2.87. The van der Waals surface area contributed by atoms with E-state index in [4.69, 9.17) is 0 Å². The zero-order chi connectivity index (χ0) is 15.6. The Balaban J connectivity index is 1.50. The third kappa shape index (κ3) is 2.85. The van der Waals surface area contributed by atoms with Crippen molar-refractivity contribution in [1.82, 2.24) is 14.9 Å². The second kappa shape index (κ2) is 6.11.